The number of carbonyl (C=O) groups excluding carboxylic acids is 1. The molecular weight excluding hydrogens is 230 g/mol. The molecule has 0 aliphatic rings. The van der Waals surface area contributed by atoms with Gasteiger partial charge in [0.15, 0.2) is 0 Å². The molecule has 0 unspecified atom stereocenters. The van der Waals surface area contributed by atoms with E-state index < -0.39 is 12.0 Å². The van der Waals surface area contributed by atoms with E-state index in [9.17, 15) is 9.59 Å². The number of benzene rings is 1. The van der Waals surface area contributed by atoms with Gasteiger partial charge in [-0.05, 0) is 38.3 Å². The van der Waals surface area contributed by atoms with Gasteiger partial charge in [0, 0.05) is 5.56 Å². The van der Waals surface area contributed by atoms with Gasteiger partial charge in [-0.15, -0.1) is 0 Å². The molecule has 0 radical (unpaired) electrons. The summed E-state index contributed by atoms with van der Waals surface area (Å²) in [5.41, 5.74) is 3.39. The Kier molecular flexibility index (Phi) is 4.48. The van der Waals surface area contributed by atoms with Crippen molar-refractivity contribution in [1.82, 2.24) is 5.32 Å². The lowest BCUT2D eigenvalue weighted by molar-refractivity contribution is -0.139. The maximum atomic E-state index is 12.1. The normalized spacial score (nSPS) is 12.0. The highest BCUT2D eigenvalue weighted by atomic mass is 16.4. The van der Waals surface area contributed by atoms with Crippen molar-refractivity contribution in [3.63, 3.8) is 0 Å². The third-order valence-corrected chi connectivity index (χ3v) is 2.92. The molecule has 4 heteroatoms. The van der Waals surface area contributed by atoms with E-state index in [1.165, 1.54) is 0 Å². The molecule has 1 amide bonds. The van der Waals surface area contributed by atoms with E-state index in [1.54, 1.807) is 6.92 Å². The van der Waals surface area contributed by atoms with Crippen LogP contribution in [0.3, 0.4) is 0 Å². The van der Waals surface area contributed by atoms with Gasteiger partial charge in [-0.1, -0.05) is 24.6 Å². The molecule has 2 N–H and O–H groups in total. The molecule has 0 bridgehead atoms. The third kappa shape index (κ3) is 3.09. The number of amides is 1. The highest BCUT2D eigenvalue weighted by Gasteiger charge is 2.20. The molecule has 1 atom stereocenters. The molecular formula is C14H19NO3. The molecule has 0 heterocycles. The molecule has 0 fully saturated rings. The zero-order chi connectivity index (χ0) is 13.9. The molecule has 0 aliphatic heterocycles. The first-order chi connectivity index (χ1) is 8.36. The highest BCUT2D eigenvalue weighted by molar-refractivity contribution is 5.99. The van der Waals surface area contributed by atoms with Crippen molar-refractivity contribution in [3.05, 3.63) is 34.4 Å². The summed E-state index contributed by atoms with van der Waals surface area (Å²) in [6.07, 6.45) is 0.366. The van der Waals surface area contributed by atoms with E-state index in [1.807, 2.05) is 32.9 Å². The number of hydrogen-bond donors (Lipinski definition) is 2. The van der Waals surface area contributed by atoms with Crippen LogP contribution in [0.15, 0.2) is 12.1 Å². The van der Waals surface area contributed by atoms with Crippen molar-refractivity contribution in [2.75, 3.05) is 0 Å². The minimum absolute atomic E-state index is 0.320. The quantitative estimate of drug-likeness (QED) is 0.859. The van der Waals surface area contributed by atoms with Gasteiger partial charge >= 0.3 is 5.97 Å². The molecule has 1 aromatic carbocycles. The molecule has 18 heavy (non-hydrogen) atoms. The number of rotatable bonds is 4. The van der Waals surface area contributed by atoms with Gasteiger partial charge in [-0.3, -0.25) is 4.79 Å². The summed E-state index contributed by atoms with van der Waals surface area (Å²) in [5, 5.41) is 11.5. The smallest absolute Gasteiger partial charge is 0.326 e. The fourth-order valence-corrected chi connectivity index (χ4v) is 2.11. The Morgan fingerprint density at radius 1 is 1.22 bits per heavy atom. The fourth-order valence-electron chi connectivity index (χ4n) is 2.11. The number of carboxylic acids is 1. The topological polar surface area (TPSA) is 66.4 Å². The Morgan fingerprint density at radius 2 is 1.72 bits per heavy atom. The first kappa shape index (κ1) is 14.2. The summed E-state index contributed by atoms with van der Waals surface area (Å²) in [7, 11) is 0. The van der Waals surface area contributed by atoms with Gasteiger partial charge in [0.1, 0.15) is 6.04 Å². The van der Waals surface area contributed by atoms with Crippen molar-refractivity contribution < 1.29 is 14.7 Å². The number of hydrogen-bond acceptors (Lipinski definition) is 2. The maximum Gasteiger partial charge on any atom is 0.326 e. The van der Waals surface area contributed by atoms with Crippen LogP contribution in [-0.4, -0.2) is 23.0 Å². The molecule has 1 aromatic rings. The van der Waals surface area contributed by atoms with E-state index in [4.69, 9.17) is 5.11 Å². The van der Waals surface area contributed by atoms with Crippen molar-refractivity contribution >= 4 is 11.9 Å². The van der Waals surface area contributed by atoms with E-state index in [2.05, 4.69) is 5.32 Å². The summed E-state index contributed by atoms with van der Waals surface area (Å²) in [4.78, 5) is 23.0. The maximum absolute atomic E-state index is 12.1. The van der Waals surface area contributed by atoms with Crippen LogP contribution in [0.5, 0.6) is 0 Å². The standard InChI is InChI=1S/C14H19NO3/c1-5-11(14(17)18)15-13(16)12-9(3)6-8(2)7-10(12)4/h6-7,11H,5H2,1-4H3,(H,15,16)(H,17,18)/t11-/m0/s1. The Bertz CT molecular complexity index is 457. The largest absolute Gasteiger partial charge is 0.480 e. The minimum Gasteiger partial charge on any atom is -0.480 e. The molecule has 0 aromatic heterocycles. The van der Waals surface area contributed by atoms with Gasteiger partial charge in [0.05, 0.1) is 0 Å². The van der Waals surface area contributed by atoms with Crippen LogP contribution in [0, 0.1) is 20.8 Å². The van der Waals surface area contributed by atoms with Crippen LogP contribution in [0.4, 0.5) is 0 Å². The van der Waals surface area contributed by atoms with E-state index in [-0.39, 0.29) is 5.91 Å². The predicted octanol–water partition coefficient (Wildman–Crippen LogP) is 2.20. The molecule has 0 aliphatic carbocycles. The van der Waals surface area contributed by atoms with Crippen LogP contribution >= 0.6 is 0 Å². The molecule has 0 saturated carbocycles. The fraction of sp³-hybridized carbons (Fsp3) is 0.429. The summed E-state index contributed by atoms with van der Waals surface area (Å²) in [6, 6.07) is 3.00. The monoisotopic (exact) mass is 249 g/mol. The zero-order valence-corrected chi connectivity index (χ0v) is 11.2. The van der Waals surface area contributed by atoms with Crippen LogP contribution in [0.1, 0.15) is 40.4 Å². The molecule has 0 spiro atoms. The average Bonchev–Trinajstić information content (AvgIpc) is 2.23. The van der Waals surface area contributed by atoms with E-state index in [0.29, 0.717) is 12.0 Å². The van der Waals surface area contributed by atoms with Gasteiger partial charge < -0.3 is 10.4 Å². The number of aliphatic carboxylic acids is 1. The third-order valence-electron chi connectivity index (χ3n) is 2.92. The van der Waals surface area contributed by atoms with E-state index in [0.717, 1.165) is 16.7 Å². The Morgan fingerprint density at radius 3 is 2.11 bits per heavy atom. The Labute approximate surface area is 107 Å². The first-order valence-electron chi connectivity index (χ1n) is 5.98. The van der Waals surface area contributed by atoms with Crippen molar-refractivity contribution in [2.24, 2.45) is 0 Å². The average molecular weight is 249 g/mol. The highest BCUT2D eigenvalue weighted by Crippen LogP contribution is 2.16. The molecule has 1 rings (SSSR count). The molecule has 4 nitrogen and oxygen atoms in total. The number of carbonyl (C=O) groups is 2. The minimum atomic E-state index is -1.01. The predicted molar refractivity (Wildman–Crippen MR) is 69.8 cm³/mol. The number of carboxylic acid groups (broad SMARTS) is 1. The van der Waals surface area contributed by atoms with Gasteiger partial charge in [0.25, 0.3) is 5.91 Å². The summed E-state index contributed by atoms with van der Waals surface area (Å²) >= 11 is 0. The van der Waals surface area contributed by atoms with Gasteiger partial charge in [-0.25, -0.2) is 4.79 Å². The lowest BCUT2D eigenvalue weighted by Crippen LogP contribution is -2.40. The van der Waals surface area contributed by atoms with Crippen LogP contribution in [0.25, 0.3) is 0 Å². The Hall–Kier alpha value is -1.84. The second-order valence-electron chi connectivity index (χ2n) is 4.55. The lowest BCUT2D eigenvalue weighted by Gasteiger charge is -2.15. The summed E-state index contributed by atoms with van der Waals surface area (Å²) < 4.78 is 0. The van der Waals surface area contributed by atoms with Crippen LogP contribution in [0.2, 0.25) is 0 Å². The summed E-state index contributed by atoms with van der Waals surface area (Å²) in [5.74, 6) is -1.33. The second-order valence-corrected chi connectivity index (χ2v) is 4.55. The van der Waals surface area contributed by atoms with Gasteiger partial charge in [0.2, 0.25) is 0 Å². The molecule has 0 saturated heterocycles. The van der Waals surface area contributed by atoms with Crippen LogP contribution < -0.4 is 5.32 Å². The second kappa shape index (κ2) is 5.67. The van der Waals surface area contributed by atoms with Gasteiger partial charge in [-0.2, -0.15) is 0 Å². The Balaban J connectivity index is 3.01. The molecule has 98 valence electrons. The summed E-state index contributed by atoms with van der Waals surface area (Å²) in [6.45, 7) is 7.41. The lowest BCUT2D eigenvalue weighted by atomic mass is 9.99. The van der Waals surface area contributed by atoms with Crippen molar-refractivity contribution in [3.8, 4) is 0 Å². The van der Waals surface area contributed by atoms with Crippen molar-refractivity contribution in [2.45, 2.75) is 40.2 Å². The SMILES string of the molecule is CC[C@H](NC(=O)c1c(C)cc(C)cc1C)C(=O)O. The first-order valence-corrected chi connectivity index (χ1v) is 5.98. The zero-order valence-electron chi connectivity index (χ0n) is 11.2. The van der Waals surface area contributed by atoms with Crippen molar-refractivity contribution in [1.29, 1.82) is 0 Å². The van der Waals surface area contributed by atoms with E-state index >= 15 is 0 Å². The van der Waals surface area contributed by atoms with Crippen LogP contribution in [-0.2, 0) is 4.79 Å². The number of nitrogens with one attached hydrogen (secondary N) is 1. The number of aryl methyl sites for hydroxylation is 3.